The molecule has 0 aliphatic carbocycles. The fourth-order valence-electron chi connectivity index (χ4n) is 2.87. The van der Waals surface area contributed by atoms with Crippen molar-refractivity contribution < 1.29 is 4.79 Å². The molecule has 1 heterocycles. The van der Waals surface area contributed by atoms with Crippen molar-refractivity contribution >= 4 is 17.2 Å². The zero-order chi connectivity index (χ0) is 21.2. The summed E-state index contributed by atoms with van der Waals surface area (Å²) in [5.74, 6) is -0.157. The number of carbonyl (C=O) groups excluding carboxylic acids is 1. The van der Waals surface area contributed by atoms with E-state index in [-0.39, 0.29) is 22.4 Å². The average Bonchev–Trinajstić information content (AvgIpc) is 2.99. The lowest BCUT2D eigenvalue weighted by Gasteiger charge is -2.19. The topological polar surface area (TPSA) is 79.6 Å². The van der Waals surface area contributed by atoms with E-state index in [4.69, 9.17) is 0 Å². The third-order valence-corrected chi connectivity index (χ3v) is 4.63. The maximum absolute atomic E-state index is 12.8. The van der Waals surface area contributed by atoms with Gasteiger partial charge in [0.15, 0.2) is 11.5 Å². The molecule has 29 heavy (non-hydrogen) atoms. The Morgan fingerprint density at radius 2 is 1.66 bits per heavy atom. The first kappa shape index (κ1) is 20.2. The molecular weight excluding hydrogens is 364 g/mol. The summed E-state index contributed by atoms with van der Waals surface area (Å²) in [6.45, 7) is 11.7. The summed E-state index contributed by atoms with van der Waals surface area (Å²) in [7, 11) is 0. The Morgan fingerprint density at radius 1 is 1.03 bits per heavy atom. The van der Waals surface area contributed by atoms with Gasteiger partial charge in [0.2, 0.25) is 0 Å². The van der Waals surface area contributed by atoms with Crippen LogP contribution < -0.4 is 5.56 Å². The number of aryl methyl sites for hydroxylation is 1. The lowest BCUT2D eigenvalue weighted by molar-refractivity contribution is 0.104. The molecule has 0 saturated heterocycles. The van der Waals surface area contributed by atoms with Crippen LogP contribution in [0.5, 0.6) is 0 Å². The van der Waals surface area contributed by atoms with Gasteiger partial charge in [-0.15, -0.1) is 5.11 Å². The summed E-state index contributed by atoms with van der Waals surface area (Å²) in [5, 5.41) is 11.3. The molecule has 0 atom stereocenters. The van der Waals surface area contributed by atoms with Crippen LogP contribution in [0.2, 0.25) is 0 Å². The molecule has 0 saturated carbocycles. The van der Waals surface area contributed by atoms with Crippen molar-refractivity contribution in [2.75, 3.05) is 0 Å². The Bertz CT molecular complexity index is 1130. The zero-order valence-electron chi connectivity index (χ0n) is 17.1. The number of nitrogens with one attached hydrogen (secondary N) is 1. The van der Waals surface area contributed by atoms with E-state index in [1.54, 1.807) is 31.2 Å². The monoisotopic (exact) mass is 388 g/mol. The minimum Gasteiger partial charge on any atom is -0.293 e. The van der Waals surface area contributed by atoms with Crippen LogP contribution in [0.3, 0.4) is 0 Å². The van der Waals surface area contributed by atoms with Gasteiger partial charge in [-0.2, -0.15) is 5.11 Å². The highest BCUT2D eigenvalue weighted by molar-refractivity contribution is 6.04. The predicted molar refractivity (Wildman–Crippen MR) is 115 cm³/mol. The smallest absolute Gasteiger partial charge is 0.293 e. The lowest BCUT2D eigenvalue weighted by atomic mass is 9.87. The van der Waals surface area contributed by atoms with Gasteiger partial charge in [-0.1, -0.05) is 39.5 Å². The van der Waals surface area contributed by atoms with Crippen molar-refractivity contribution in [3.8, 4) is 5.69 Å². The van der Waals surface area contributed by atoms with Gasteiger partial charge in [0.05, 0.1) is 17.1 Å². The van der Waals surface area contributed by atoms with Crippen LogP contribution in [-0.4, -0.2) is 15.6 Å². The fraction of sp³-hybridized carbons (Fsp3) is 0.217. The number of hydrogen-bond acceptors (Lipinski definition) is 4. The van der Waals surface area contributed by atoms with Crippen LogP contribution in [-0.2, 0) is 5.41 Å². The molecule has 0 radical (unpaired) electrons. The summed E-state index contributed by atoms with van der Waals surface area (Å²) >= 11 is 0. The SMILES string of the molecule is C=CC(=O)c1ccc(N=Nc2c(C)[nH]n(-c3ccc(C(C)(C)C)cc3)c2=O)cc1. The molecule has 1 N–H and O–H groups in total. The number of rotatable bonds is 5. The van der Waals surface area contributed by atoms with E-state index in [1.165, 1.54) is 16.3 Å². The second kappa shape index (κ2) is 7.83. The summed E-state index contributed by atoms with van der Waals surface area (Å²) < 4.78 is 1.46. The Kier molecular flexibility index (Phi) is 5.46. The molecule has 0 fully saturated rings. The van der Waals surface area contributed by atoms with Gasteiger partial charge < -0.3 is 0 Å². The highest BCUT2D eigenvalue weighted by atomic mass is 16.1. The number of aromatic nitrogens is 2. The third kappa shape index (κ3) is 4.32. The molecule has 0 bridgehead atoms. The standard InChI is InChI=1S/C23H24N4O2/c1-6-20(28)16-7-11-18(12-8-16)24-25-21-15(2)26-27(22(21)29)19-13-9-17(10-14-19)23(3,4)5/h6-14,26H,1H2,2-5H3. The molecule has 0 aliphatic rings. The zero-order valence-corrected chi connectivity index (χ0v) is 17.1. The maximum Gasteiger partial charge on any atom is 0.299 e. The van der Waals surface area contributed by atoms with Gasteiger partial charge in [0.25, 0.3) is 5.56 Å². The lowest BCUT2D eigenvalue weighted by Crippen LogP contribution is -2.15. The molecule has 148 valence electrons. The Morgan fingerprint density at radius 3 is 2.21 bits per heavy atom. The van der Waals surface area contributed by atoms with Gasteiger partial charge >= 0.3 is 0 Å². The van der Waals surface area contributed by atoms with Crippen molar-refractivity contribution in [2.45, 2.75) is 33.1 Å². The molecule has 1 aromatic heterocycles. The van der Waals surface area contributed by atoms with E-state index in [0.29, 0.717) is 16.9 Å². The van der Waals surface area contributed by atoms with Crippen molar-refractivity contribution in [1.82, 2.24) is 9.78 Å². The summed E-state index contributed by atoms with van der Waals surface area (Å²) in [5.41, 5.74) is 3.64. The van der Waals surface area contributed by atoms with Crippen molar-refractivity contribution in [3.63, 3.8) is 0 Å². The van der Waals surface area contributed by atoms with E-state index in [2.05, 4.69) is 42.7 Å². The quantitative estimate of drug-likeness (QED) is 0.353. The van der Waals surface area contributed by atoms with Crippen molar-refractivity contribution in [3.05, 3.63) is 88.4 Å². The second-order valence-electron chi connectivity index (χ2n) is 7.84. The van der Waals surface area contributed by atoms with Crippen LogP contribution in [0.1, 0.15) is 42.4 Å². The number of carbonyl (C=O) groups is 1. The molecule has 0 amide bonds. The maximum atomic E-state index is 12.8. The first-order valence-electron chi connectivity index (χ1n) is 9.32. The molecule has 0 unspecified atom stereocenters. The van der Waals surface area contributed by atoms with E-state index < -0.39 is 0 Å². The van der Waals surface area contributed by atoms with Gasteiger partial charge in [0.1, 0.15) is 0 Å². The number of nitrogens with zero attached hydrogens (tertiary/aromatic N) is 3. The Hall–Kier alpha value is -3.54. The summed E-state index contributed by atoms with van der Waals surface area (Å²) in [6.07, 6.45) is 1.26. The molecule has 2 aromatic carbocycles. The first-order chi connectivity index (χ1) is 13.7. The molecule has 0 spiro atoms. The average molecular weight is 388 g/mol. The Balaban J connectivity index is 1.88. The number of H-pyrrole nitrogens is 1. The van der Waals surface area contributed by atoms with E-state index >= 15 is 0 Å². The van der Waals surface area contributed by atoms with Gasteiger partial charge in [-0.3, -0.25) is 14.7 Å². The Labute approximate surface area is 169 Å². The van der Waals surface area contributed by atoms with Crippen LogP contribution in [0.25, 0.3) is 5.69 Å². The first-order valence-corrected chi connectivity index (χ1v) is 9.32. The molecule has 6 nitrogen and oxygen atoms in total. The highest BCUT2D eigenvalue weighted by Crippen LogP contribution is 2.24. The molecule has 3 aromatic rings. The van der Waals surface area contributed by atoms with Gasteiger partial charge in [-0.05, 0) is 60.4 Å². The van der Waals surface area contributed by atoms with Gasteiger partial charge in [-0.25, -0.2) is 4.68 Å². The van der Waals surface area contributed by atoms with Gasteiger partial charge in [0, 0.05) is 5.56 Å². The number of allylic oxidation sites excluding steroid dienone is 1. The number of benzene rings is 2. The highest BCUT2D eigenvalue weighted by Gasteiger charge is 2.15. The van der Waals surface area contributed by atoms with Crippen molar-refractivity contribution in [1.29, 1.82) is 0 Å². The van der Waals surface area contributed by atoms with E-state index in [9.17, 15) is 9.59 Å². The summed E-state index contributed by atoms with van der Waals surface area (Å²) in [6, 6.07) is 14.5. The van der Waals surface area contributed by atoms with E-state index in [0.717, 1.165) is 5.69 Å². The third-order valence-electron chi connectivity index (χ3n) is 4.63. The number of hydrogen-bond donors (Lipinski definition) is 1. The van der Waals surface area contributed by atoms with Crippen LogP contribution in [0.4, 0.5) is 11.4 Å². The number of aromatic amines is 1. The number of azo groups is 1. The minimum atomic E-state index is -0.270. The molecule has 0 aliphatic heterocycles. The molecule has 3 rings (SSSR count). The molecular formula is C23H24N4O2. The van der Waals surface area contributed by atoms with Crippen LogP contribution >= 0.6 is 0 Å². The fourth-order valence-corrected chi connectivity index (χ4v) is 2.87. The summed E-state index contributed by atoms with van der Waals surface area (Å²) in [4.78, 5) is 24.4. The van der Waals surface area contributed by atoms with Crippen LogP contribution in [0.15, 0.2) is 76.2 Å². The largest absolute Gasteiger partial charge is 0.299 e. The van der Waals surface area contributed by atoms with E-state index in [1.807, 2.05) is 24.3 Å². The number of ketones is 1. The van der Waals surface area contributed by atoms with Crippen LogP contribution in [0, 0.1) is 6.92 Å². The van der Waals surface area contributed by atoms with Crippen molar-refractivity contribution in [2.24, 2.45) is 10.2 Å². The second-order valence-corrected chi connectivity index (χ2v) is 7.84. The normalized spacial score (nSPS) is 11.7. The minimum absolute atomic E-state index is 0.0420. The molecule has 6 heteroatoms. The predicted octanol–water partition coefficient (Wildman–Crippen LogP) is 5.56.